The van der Waals surface area contributed by atoms with E-state index in [0.29, 0.717) is 18.1 Å². The number of aryl methyl sites for hydroxylation is 1. The second-order valence-electron chi connectivity index (χ2n) is 5.83. The molecule has 0 aliphatic carbocycles. The number of benzene rings is 1. The molecule has 0 saturated carbocycles. The molecule has 1 heterocycles. The average Bonchev–Trinajstić information content (AvgIpc) is 3.00. The first kappa shape index (κ1) is 17.8. The Labute approximate surface area is 140 Å². The average molecular weight is 337 g/mol. The van der Waals surface area contributed by atoms with E-state index in [2.05, 4.69) is 25.2 Å². The Balaban J connectivity index is 1.97. The van der Waals surface area contributed by atoms with Crippen molar-refractivity contribution in [1.82, 2.24) is 0 Å². The monoisotopic (exact) mass is 337 g/mol. The largest absolute Gasteiger partial charge is 0.479 e. The molecule has 126 valence electrons. The third-order valence-corrected chi connectivity index (χ3v) is 5.22. The number of carbonyl (C=O) groups is 2. The van der Waals surface area contributed by atoms with Crippen molar-refractivity contribution in [2.45, 2.75) is 62.4 Å². The lowest BCUT2D eigenvalue weighted by atomic mass is 10.1. The van der Waals surface area contributed by atoms with E-state index in [1.807, 2.05) is 30.8 Å². The van der Waals surface area contributed by atoms with Crippen molar-refractivity contribution in [2.75, 3.05) is 5.32 Å². The summed E-state index contributed by atoms with van der Waals surface area (Å²) in [6.07, 6.45) is 0.345. The maximum atomic E-state index is 12.2. The van der Waals surface area contributed by atoms with Gasteiger partial charge in [0.2, 0.25) is 0 Å². The van der Waals surface area contributed by atoms with Gasteiger partial charge >= 0.3 is 5.97 Å². The quantitative estimate of drug-likeness (QED) is 0.778. The van der Waals surface area contributed by atoms with E-state index < -0.39 is 18.2 Å². The molecule has 1 aromatic carbocycles. The lowest BCUT2D eigenvalue weighted by molar-refractivity contribution is -0.150. The highest BCUT2D eigenvalue weighted by Gasteiger charge is 2.34. The molecular formula is C17H23NO4S. The molecule has 3 atom stereocenters. The lowest BCUT2D eigenvalue weighted by Crippen LogP contribution is -2.30. The molecule has 1 aliphatic heterocycles. The third kappa shape index (κ3) is 4.72. The number of ether oxygens (including phenoxy) is 1. The van der Waals surface area contributed by atoms with E-state index in [1.165, 1.54) is 4.90 Å². The van der Waals surface area contributed by atoms with Crippen LogP contribution in [0.5, 0.6) is 0 Å². The van der Waals surface area contributed by atoms with Gasteiger partial charge in [-0.25, -0.2) is 4.79 Å². The van der Waals surface area contributed by atoms with Crippen LogP contribution < -0.4 is 5.32 Å². The molecule has 1 amide bonds. The molecule has 23 heavy (non-hydrogen) atoms. The summed E-state index contributed by atoms with van der Waals surface area (Å²) in [5, 5.41) is 12.3. The van der Waals surface area contributed by atoms with Crippen LogP contribution in [0.2, 0.25) is 0 Å². The summed E-state index contributed by atoms with van der Waals surface area (Å²) in [7, 11) is 0. The minimum atomic E-state index is -1.01. The topological polar surface area (TPSA) is 75.6 Å². The van der Waals surface area contributed by atoms with Crippen LogP contribution in [-0.4, -0.2) is 34.4 Å². The van der Waals surface area contributed by atoms with Crippen molar-refractivity contribution < 1.29 is 19.4 Å². The molecule has 1 unspecified atom stereocenters. The number of anilines is 1. The van der Waals surface area contributed by atoms with Crippen LogP contribution in [-0.2, 0) is 14.3 Å². The fraction of sp³-hybridized carbons (Fsp3) is 0.529. The van der Waals surface area contributed by atoms with Gasteiger partial charge in [0, 0.05) is 15.8 Å². The van der Waals surface area contributed by atoms with Gasteiger partial charge in [0.15, 0.2) is 6.10 Å². The summed E-state index contributed by atoms with van der Waals surface area (Å²) in [6, 6.07) is 5.94. The van der Waals surface area contributed by atoms with Crippen molar-refractivity contribution in [1.29, 1.82) is 0 Å². The predicted octanol–water partition coefficient (Wildman–Crippen LogP) is 3.46. The number of thioether (sulfide) groups is 1. The summed E-state index contributed by atoms with van der Waals surface area (Å²) >= 11 is 1.81. The van der Waals surface area contributed by atoms with Crippen molar-refractivity contribution in [3.05, 3.63) is 23.8 Å². The Morgan fingerprint density at radius 2 is 2.09 bits per heavy atom. The zero-order valence-corrected chi connectivity index (χ0v) is 14.5. The maximum Gasteiger partial charge on any atom is 0.332 e. The Morgan fingerprint density at radius 3 is 2.65 bits per heavy atom. The summed E-state index contributed by atoms with van der Waals surface area (Å²) < 4.78 is 5.27. The molecule has 2 rings (SSSR count). The molecule has 0 aromatic heterocycles. The highest BCUT2D eigenvalue weighted by Crippen LogP contribution is 2.29. The molecule has 0 spiro atoms. The van der Waals surface area contributed by atoms with Crippen LogP contribution in [0.15, 0.2) is 23.1 Å². The zero-order chi connectivity index (χ0) is 17.0. The molecule has 1 aromatic rings. The van der Waals surface area contributed by atoms with Crippen LogP contribution >= 0.6 is 11.8 Å². The highest BCUT2D eigenvalue weighted by atomic mass is 32.2. The van der Waals surface area contributed by atoms with E-state index in [1.54, 1.807) is 0 Å². The van der Waals surface area contributed by atoms with Crippen LogP contribution in [0.1, 0.15) is 38.7 Å². The van der Waals surface area contributed by atoms with Crippen LogP contribution in [0.3, 0.4) is 0 Å². The fourth-order valence-electron chi connectivity index (χ4n) is 2.39. The van der Waals surface area contributed by atoms with Gasteiger partial charge in [-0.15, -0.1) is 11.8 Å². The van der Waals surface area contributed by atoms with Crippen molar-refractivity contribution >= 4 is 29.3 Å². The Hall–Kier alpha value is -1.53. The fourth-order valence-corrected chi connectivity index (χ4v) is 3.41. The molecule has 0 bridgehead atoms. The molecule has 1 saturated heterocycles. The van der Waals surface area contributed by atoms with Gasteiger partial charge in [-0.05, 0) is 49.9 Å². The first-order valence-electron chi connectivity index (χ1n) is 7.87. The second kappa shape index (κ2) is 7.84. The van der Waals surface area contributed by atoms with Crippen LogP contribution in [0, 0.1) is 6.92 Å². The predicted molar refractivity (Wildman–Crippen MR) is 90.9 cm³/mol. The van der Waals surface area contributed by atoms with Gasteiger partial charge in [-0.3, -0.25) is 4.79 Å². The summed E-state index contributed by atoms with van der Waals surface area (Å²) in [5.74, 6) is -1.29. The number of carbonyl (C=O) groups excluding carboxylic acids is 1. The Morgan fingerprint density at radius 1 is 1.39 bits per heavy atom. The molecule has 6 heteroatoms. The Kier molecular flexibility index (Phi) is 6.07. The first-order valence-corrected chi connectivity index (χ1v) is 8.75. The van der Waals surface area contributed by atoms with Gasteiger partial charge in [-0.2, -0.15) is 0 Å². The molecular weight excluding hydrogens is 314 g/mol. The van der Waals surface area contributed by atoms with Gasteiger partial charge in [-0.1, -0.05) is 13.8 Å². The van der Waals surface area contributed by atoms with E-state index in [-0.39, 0.29) is 5.91 Å². The number of hydrogen-bond acceptors (Lipinski definition) is 4. The normalized spacial score (nSPS) is 21.9. The number of hydrogen-bond donors (Lipinski definition) is 2. The van der Waals surface area contributed by atoms with Crippen molar-refractivity contribution in [2.24, 2.45) is 0 Å². The molecule has 2 N–H and O–H groups in total. The van der Waals surface area contributed by atoms with Crippen molar-refractivity contribution in [3.63, 3.8) is 0 Å². The molecule has 0 radical (unpaired) electrons. The van der Waals surface area contributed by atoms with E-state index in [9.17, 15) is 9.59 Å². The number of aliphatic carboxylic acids is 1. The SMILES string of the molecule is CCC(C)Sc1ccc(NC(=O)[C@@H]2CC[C@H](C(=O)O)O2)c(C)c1. The van der Waals surface area contributed by atoms with Gasteiger partial charge in [0.25, 0.3) is 5.91 Å². The minimum absolute atomic E-state index is 0.279. The van der Waals surface area contributed by atoms with E-state index >= 15 is 0 Å². The zero-order valence-electron chi connectivity index (χ0n) is 13.7. The molecule has 1 aliphatic rings. The third-order valence-electron chi connectivity index (χ3n) is 3.96. The smallest absolute Gasteiger partial charge is 0.332 e. The summed E-state index contributed by atoms with van der Waals surface area (Å²) in [4.78, 5) is 24.3. The second-order valence-corrected chi connectivity index (χ2v) is 7.34. The Bertz CT molecular complexity index is 590. The van der Waals surface area contributed by atoms with Crippen LogP contribution in [0.4, 0.5) is 5.69 Å². The number of rotatable bonds is 6. The number of carboxylic acid groups (broad SMARTS) is 1. The lowest BCUT2D eigenvalue weighted by Gasteiger charge is -2.15. The number of carboxylic acids is 1. The van der Waals surface area contributed by atoms with Crippen LogP contribution in [0.25, 0.3) is 0 Å². The molecule has 1 fully saturated rings. The van der Waals surface area contributed by atoms with E-state index in [4.69, 9.17) is 9.84 Å². The maximum absolute atomic E-state index is 12.2. The van der Waals surface area contributed by atoms with Crippen molar-refractivity contribution in [3.8, 4) is 0 Å². The van der Waals surface area contributed by atoms with Gasteiger partial charge in [0.1, 0.15) is 6.10 Å². The highest BCUT2D eigenvalue weighted by molar-refractivity contribution is 7.99. The van der Waals surface area contributed by atoms with E-state index in [0.717, 1.165) is 17.7 Å². The number of nitrogens with one attached hydrogen (secondary N) is 1. The molecule has 5 nitrogen and oxygen atoms in total. The van der Waals surface area contributed by atoms with Gasteiger partial charge in [0.05, 0.1) is 0 Å². The first-order chi connectivity index (χ1) is 10.9. The summed E-state index contributed by atoms with van der Waals surface area (Å²) in [5.41, 5.74) is 1.73. The van der Waals surface area contributed by atoms with Gasteiger partial charge < -0.3 is 15.2 Å². The standard InChI is InChI=1S/C17H23NO4S/c1-4-11(3)23-12-5-6-13(10(2)9-12)18-16(19)14-7-8-15(22-14)17(20)21/h5-6,9,11,14-15H,4,7-8H2,1-3H3,(H,18,19)(H,20,21)/t11?,14-,15+/m0/s1. The minimum Gasteiger partial charge on any atom is -0.479 e. The summed E-state index contributed by atoms with van der Waals surface area (Å²) in [6.45, 7) is 6.29. The number of amides is 1.